The van der Waals surface area contributed by atoms with Crippen molar-refractivity contribution in [3.05, 3.63) is 28.8 Å². The lowest BCUT2D eigenvalue weighted by Gasteiger charge is -2.30. The Labute approximate surface area is 123 Å². The van der Waals surface area contributed by atoms with Gasteiger partial charge in [0.15, 0.2) is 0 Å². The second kappa shape index (κ2) is 6.27. The second-order valence-electron chi connectivity index (χ2n) is 5.14. The number of likely N-dealkylation sites (tertiary alicyclic amines) is 1. The zero-order valence-corrected chi connectivity index (χ0v) is 12.4. The fourth-order valence-electron chi connectivity index (χ4n) is 2.31. The van der Waals surface area contributed by atoms with Crippen molar-refractivity contribution in [1.29, 1.82) is 0 Å². The van der Waals surface area contributed by atoms with Gasteiger partial charge in [0.25, 0.3) is 0 Å². The molecule has 0 N–H and O–H groups in total. The zero-order valence-electron chi connectivity index (χ0n) is 11.7. The monoisotopic (exact) mass is 295 g/mol. The minimum absolute atomic E-state index is 0.0541. The van der Waals surface area contributed by atoms with Crippen molar-refractivity contribution >= 4 is 23.5 Å². The summed E-state index contributed by atoms with van der Waals surface area (Å²) in [6.45, 7) is 4.69. The van der Waals surface area contributed by atoms with Gasteiger partial charge in [0.1, 0.15) is 5.75 Å². The maximum atomic E-state index is 12.1. The topological polar surface area (TPSA) is 46.6 Å². The van der Waals surface area contributed by atoms with Crippen LogP contribution in [0.2, 0.25) is 5.02 Å². The summed E-state index contributed by atoms with van der Waals surface area (Å²) in [6.07, 6.45) is 1.28. The van der Waals surface area contributed by atoms with Gasteiger partial charge in [-0.1, -0.05) is 17.7 Å². The van der Waals surface area contributed by atoms with Gasteiger partial charge in [-0.15, -0.1) is 0 Å². The highest BCUT2D eigenvalue weighted by Gasteiger charge is 2.27. The summed E-state index contributed by atoms with van der Waals surface area (Å²) in [6, 6.07) is 5.33. The third-order valence-electron chi connectivity index (χ3n) is 3.57. The number of carbonyl (C=O) groups is 2. The zero-order chi connectivity index (χ0) is 14.7. The van der Waals surface area contributed by atoms with Gasteiger partial charge in [-0.2, -0.15) is 0 Å². The van der Waals surface area contributed by atoms with Crippen LogP contribution >= 0.6 is 11.6 Å². The molecule has 0 saturated carbocycles. The number of halogens is 1. The first-order chi connectivity index (χ1) is 9.47. The van der Waals surface area contributed by atoms with Crippen LogP contribution in [0.15, 0.2) is 18.2 Å². The molecule has 0 bridgehead atoms. The summed E-state index contributed by atoms with van der Waals surface area (Å²) in [5.41, 5.74) is 1.02. The van der Waals surface area contributed by atoms with E-state index in [-0.39, 0.29) is 17.8 Å². The first-order valence-corrected chi connectivity index (χ1v) is 7.08. The summed E-state index contributed by atoms with van der Waals surface area (Å²) in [5, 5.41) is 0.444. The second-order valence-corrected chi connectivity index (χ2v) is 5.54. The van der Waals surface area contributed by atoms with E-state index < -0.39 is 0 Å². The molecule has 108 valence electrons. The Bertz CT molecular complexity index is 522. The van der Waals surface area contributed by atoms with E-state index in [0.717, 1.165) is 5.56 Å². The molecule has 1 amide bonds. The molecule has 1 aromatic carbocycles. The maximum Gasteiger partial charge on any atom is 0.314 e. The lowest BCUT2D eigenvalue weighted by atomic mass is 9.97. The van der Waals surface area contributed by atoms with Crippen molar-refractivity contribution in [2.75, 3.05) is 13.1 Å². The minimum atomic E-state index is -0.265. The Morgan fingerprint density at radius 1 is 1.30 bits per heavy atom. The largest absolute Gasteiger partial charge is 0.425 e. The smallest absolute Gasteiger partial charge is 0.314 e. The van der Waals surface area contributed by atoms with Crippen LogP contribution in [-0.4, -0.2) is 29.9 Å². The van der Waals surface area contributed by atoms with Crippen LogP contribution in [0, 0.1) is 12.8 Å². The van der Waals surface area contributed by atoms with Crippen LogP contribution in [0.3, 0.4) is 0 Å². The van der Waals surface area contributed by atoms with Gasteiger partial charge < -0.3 is 9.64 Å². The Kier molecular flexibility index (Phi) is 4.65. The number of piperidine rings is 1. The van der Waals surface area contributed by atoms with E-state index in [0.29, 0.717) is 36.7 Å². The average molecular weight is 296 g/mol. The number of aryl methyl sites for hydroxylation is 1. The van der Waals surface area contributed by atoms with Crippen molar-refractivity contribution in [3.63, 3.8) is 0 Å². The van der Waals surface area contributed by atoms with Gasteiger partial charge in [0.2, 0.25) is 5.91 Å². The molecular formula is C15H18ClNO3. The van der Waals surface area contributed by atoms with Gasteiger partial charge >= 0.3 is 5.97 Å². The lowest BCUT2D eigenvalue weighted by molar-refractivity contribution is -0.142. The first-order valence-electron chi connectivity index (χ1n) is 6.70. The van der Waals surface area contributed by atoms with E-state index >= 15 is 0 Å². The molecule has 5 heteroatoms. The van der Waals surface area contributed by atoms with Crippen LogP contribution in [0.1, 0.15) is 25.3 Å². The molecule has 1 heterocycles. The molecule has 1 aliphatic rings. The predicted octanol–water partition coefficient (Wildman–Crippen LogP) is 2.81. The molecule has 4 nitrogen and oxygen atoms in total. The highest BCUT2D eigenvalue weighted by Crippen LogP contribution is 2.27. The number of hydrogen-bond donors (Lipinski definition) is 0. The number of nitrogens with zero attached hydrogens (tertiary/aromatic N) is 1. The first kappa shape index (κ1) is 14.9. The number of benzene rings is 1. The van der Waals surface area contributed by atoms with Crippen molar-refractivity contribution < 1.29 is 14.3 Å². The standard InChI is InChI=1S/C15H18ClNO3/c1-10-3-4-14(13(16)9-10)20-15(19)12-5-7-17(8-6-12)11(2)18/h3-4,9,12H,5-8H2,1-2H3. The summed E-state index contributed by atoms with van der Waals surface area (Å²) in [4.78, 5) is 25.1. The molecule has 1 saturated heterocycles. The fraction of sp³-hybridized carbons (Fsp3) is 0.467. The normalized spacial score (nSPS) is 16.1. The Morgan fingerprint density at radius 3 is 2.50 bits per heavy atom. The Morgan fingerprint density at radius 2 is 1.95 bits per heavy atom. The highest BCUT2D eigenvalue weighted by atomic mass is 35.5. The van der Waals surface area contributed by atoms with Crippen molar-refractivity contribution in [2.24, 2.45) is 5.92 Å². The molecule has 0 radical (unpaired) electrons. The van der Waals surface area contributed by atoms with Crippen LogP contribution < -0.4 is 4.74 Å². The SMILES string of the molecule is CC(=O)N1CCC(C(=O)Oc2ccc(C)cc2Cl)CC1. The van der Waals surface area contributed by atoms with E-state index in [4.69, 9.17) is 16.3 Å². The third-order valence-corrected chi connectivity index (χ3v) is 3.87. The molecule has 2 rings (SSSR count). The van der Waals surface area contributed by atoms with E-state index in [2.05, 4.69) is 0 Å². The molecule has 0 aliphatic carbocycles. The van der Waals surface area contributed by atoms with Gasteiger partial charge in [0, 0.05) is 20.0 Å². The summed E-state index contributed by atoms with van der Waals surface area (Å²) in [5.74, 6) is 0.0246. The molecule has 0 spiro atoms. The quantitative estimate of drug-likeness (QED) is 0.622. The molecular weight excluding hydrogens is 278 g/mol. The fourth-order valence-corrected chi connectivity index (χ4v) is 2.58. The van der Waals surface area contributed by atoms with Crippen molar-refractivity contribution in [2.45, 2.75) is 26.7 Å². The van der Waals surface area contributed by atoms with Crippen molar-refractivity contribution in [1.82, 2.24) is 4.90 Å². The molecule has 1 fully saturated rings. The molecule has 0 atom stereocenters. The third kappa shape index (κ3) is 3.51. The number of esters is 1. The Hall–Kier alpha value is -1.55. The minimum Gasteiger partial charge on any atom is -0.425 e. The van der Waals surface area contributed by atoms with Gasteiger partial charge in [-0.25, -0.2) is 0 Å². The van der Waals surface area contributed by atoms with Gasteiger partial charge in [-0.3, -0.25) is 9.59 Å². The maximum absolute atomic E-state index is 12.1. The number of amides is 1. The molecule has 20 heavy (non-hydrogen) atoms. The van der Waals surface area contributed by atoms with Crippen LogP contribution in [0.25, 0.3) is 0 Å². The predicted molar refractivity (Wildman–Crippen MR) is 76.8 cm³/mol. The van der Waals surface area contributed by atoms with E-state index in [9.17, 15) is 9.59 Å². The molecule has 1 aromatic rings. The van der Waals surface area contributed by atoms with Crippen LogP contribution in [0.4, 0.5) is 0 Å². The van der Waals surface area contributed by atoms with E-state index in [1.807, 2.05) is 13.0 Å². The summed E-state index contributed by atoms with van der Waals surface area (Å²) in [7, 11) is 0. The number of carbonyl (C=O) groups excluding carboxylic acids is 2. The number of ether oxygens (including phenoxy) is 1. The van der Waals surface area contributed by atoms with E-state index in [1.165, 1.54) is 0 Å². The van der Waals surface area contributed by atoms with Crippen LogP contribution in [0.5, 0.6) is 5.75 Å². The van der Waals surface area contributed by atoms with E-state index in [1.54, 1.807) is 24.0 Å². The summed E-state index contributed by atoms with van der Waals surface area (Å²) >= 11 is 6.05. The Balaban J connectivity index is 1.94. The number of rotatable bonds is 2. The number of hydrogen-bond acceptors (Lipinski definition) is 3. The van der Waals surface area contributed by atoms with Crippen molar-refractivity contribution in [3.8, 4) is 5.75 Å². The lowest BCUT2D eigenvalue weighted by Crippen LogP contribution is -2.40. The average Bonchev–Trinajstić information content (AvgIpc) is 2.42. The molecule has 0 aromatic heterocycles. The summed E-state index contributed by atoms with van der Waals surface area (Å²) < 4.78 is 5.36. The van der Waals surface area contributed by atoms with Gasteiger partial charge in [0.05, 0.1) is 10.9 Å². The van der Waals surface area contributed by atoms with Crippen LogP contribution in [-0.2, 0) is 9.59 Å². The van der Waals surface area contributed by atoms with Gasteiger partial charge in [-0.05, 0) is 37.5 Å². The molecule has 0 unspecified atom stereocenters. The highest BCUT2D eigenvalue weighted by molar-refractivity contribution is 6.32. The molecule has 1 aliphatic heterocycles.